The van der Waals surface area contributed by atoms with Crippen LogP contribution in [0.25, 0.3) is 0 Å². The van der Waals surface area contributed by atoms with E-state index < -0.39 is 0 Å². The summed E-state index contributed by atoms with van der Waals surface area (Å²) >= 11 is 0. The monoisotopic (exact) mass is 322 g/mol. The Morgan fingerprint density at radius 3 is 2.54 bits per heavy atom. The number of hydrogen-bond donors (Lipinski definition) is 0. The van der Waals surface area contributed by atoms with E-state index in [0.717, 1.165) is 28.4 Å². The van der Waals surface area contributed by atoms with Gasteiger partial charge in [0.05, 0.1) is 0 Å². The molecule has 0 N–H and O–H groups in total. The minimum Gasteiger partial charge on any atom is -0.488 e. The number of hydrogen-bond acceptors (Lipinski definition) is 4. The van der Waals surface area contributed by atoms with Crippen molar-refractivity contribution in [1.82, 2.24) is 0 Å². The molecule has 5 rings (SSSR count). The van der Waals surface area contributed by atoms with Crippen molar-refractivity contribution in [3.05, 3.63) is 52.6 Å². The average Bonchev–Trinajstić information content (AvgIpc) is 3.01. The molecule has 2 heterocycles. The topological polar surface area (TPSA) is 44.8 Å². The first-order valence-corrected chi connectivity index (χ1v) is 8.37. The quantitative estimate of drug-likeness (QED) is 0.798. The van der Waals surface area contributed by atoms with Crippen LogP contribution in [-0.2, 0) is 6.61 Å². The van der Waals surface area contributed by atoms with Gasteiger partial charge in [-0.05, 0) is 41.3 Å². The fourth-order valence-corrected chi connectivity index (χ4v) is 4.18. The fraction of sp³-hybridized carbons (Fsp3) is 0.350. The van der Waals surface area contributed by atoms with Crippen molar-refractivity contribution in [2.24, 2.45) is 11.8 Å². The number of ether oxygens (including phenoxy) is 3. The van der Waals surface area contributed by atoms with Crippen LogP contribution >= 0.6 is 0 Å². The molecule has 0 bridgehead atoms. The van der Waals surface area contributed by atoms with Crippen molar-refractivity contribution in [3.63, 3.8) is 0 Å². The molecule has 0 aromatic heterocycles. The van der Waals surface area contributed by atoms with E-state index in [4.69, 9.17) is 14.2 Å². The number of benzene rings is 2. The van der Waals surface area contributed by atoms with Crippen LogP contribution in [0.15, 0.2) is 30.3 Å². The second-order valence-electron chi connectivity index (χ2n) is 6.89. The highest BCUT2D eigenvalue weighted by Gasteiger charge is 2.41. The summed E-state index contributed by atoms with van der Waals surface area (Å²) < 4.78 is 16.5. The van der Waals surface area contributed by atoms with Gasteiger partial charge in [-0.2, -0.15) is 0 Å². The number of carbonyl (C=O) groups is 1. The first-order chi connectivity index (χ1) is 11.6. The van der Waals surface area contributed by atoms with E-state index in [9.17, 15) is 4.79 Å². The van der Waals surface area contributed by atoms with Gasteiger partial charge in [0.25, 0.3) is 0 Å². The van der Waals surface area contributed by atoms with Crippen LogP contribution in [0.5, 0.6) is 17.2 Å². The molecule has 0 radical (unpaired) electrons. The average molecular weight is 322 g/mol. The van der Waals surface area contributed by atoms with E-state index in [1.807, 2.05) is 25.1 Å². The first-order valence-electron chi connectivity index (χ1n) is 8.37. The lowest BCUT2D eigenvalue weighted by molar-refractivity contribution is 0.0863. The molecule has 2 aliphatic heterocycles. The van der Waals surface area contributed by atoms with Crippen molar-refractivity contribution in [2.45, 2.75) is 26.4 Å². The molecule has 4 heteroatoms. The van der Waals surface area contributed by atoms with Gasteiger partial charge in [-0.3, -0.25) is 4.79 Å². The minimum absolute atomic E-state index is 0.00744. The van der Waals surface area contributed by atoms with Crippen LogP contribution in [0.4, 0.5) is 0 Å². The normalized spacial score (nSPS) is 26.2. The fourth-order valence-electron chi connectivity index (χ4n) is 4.18. The molecule has 122 valence electrons. The predicted octanol–water partition coefficient (Wildman–Crippen LogP) is 3.91. The standard InChI is InChI=1S/C20H18O4/c1-10-11(2)20(21)13-4-6-15-14(8-22-15)19(13)18(10)12-3-5-16-17(7-12)24-9-23-16/h3-7,10-11,18H,8-9H2,1-2H3. The third-order valence-corrected chi connectivity index (χ3v) is 5.75. The Hall–Kier alpha value is -2.49. The molecular weight excluding hydrogens is 304 g/mol. The van der Waals surface area contributed by atoms with Gasteiger partial charge in [0.2, 0.25) is 6.79 Å². The maximum Gasteiger partial charge on any atom is 0.231 e. The van der Waals surface area contributed by atoms with Crippen LogP contribution in [0, 0.1) is 11.8 Å². The SMILES string of the molecule is CC1C(=O)c2ccc3c(c2C(c2ccc4c(c2)OCO4)C1C)CO3. The molecule has 0 saturated carbocycles. The highest BCUT2D eigenvalue weighted by molar-refractivity contribution is 6.01. The highest BCUT2D eigenvalue weighted by atomic mass is 16.7. The molecular formula is C20H18O4. The molecule has 3 unspecified atom stereocenters. The lowest BCUT2D eigenvalue weighted by atomic mass is 9.65. The number of Topliss-reactive ketones (excluding diaryl/α,β-unsaturated/α-hetero) is 1. The van der Waals surface area contributed by atoms with E-state index in [0.29, 0.717) is 6.61 Å². The zero-order valence-corrected chi connectivity index (χ0v) is 13.7. The van der Waals surface area contributed by atoms with Crippen LogP contribution in [0.2, 0.25) is 0 Å². The van der Waals surface area contributed by atoms with Gasteiger partial charge in [0, 0.05) is 23.0 Å². The van der Waals surface area contributed by atoms with Crippen molar-refractivity contribution < 1.29 is 19.0 Å². The molecule has 0 saturated heterocycles. The van der Waals surface area contributed by atoms with Gasteiger partial charge >= 0.3 is 0 Å². The molecule has 0 fully saturated rings. The third-order valence-electron chi connectivity index (χ3n) is 5.75. The molecule has 1 aliphatic carbocycles. The smallest absolute Gasteiger partial charge is 0.231 e. The highest BCUT2D eigenvalue weighted by Crippen LogP contribution is 2.50. The van der Waals surface area contributed by atoms with Crippen molar-refractivity contribution >= 4 is 5.78 Å². The van der Waals surface area contributed by atoms with Gasteiger partial charge in [-0.1, -0.05) is 19.9 Å². The van der Waals surface area contributed by atoms with Crippen molar-refractivity contribution in [3.8, 4) is 17.2 Å². The van der Waals surface area contributed by atoms with E-state index in [1.165, 1.54) is 11.1 Å². The summed E-state index contributed by atoms with van der Waals surface area (Å²) in [6.07, 6.45) is 0. The second-order valence-corrected chi connectivity index (χ2v) is 6.89. The van der Waals surface area contributed by atoms with E-state index in [-0.39, 0.29) is 30.3 Å². The molecule has 4 nitrogen and oxygen atoms in total. The van der Waals surface area contributed by atoms with E-state index in [2.05, 4.69) is 19.1 Å². The summed E-state index contributed by atoms with van der Waals surface area (Å²) in [5.74, 6) is 3.11. The lowest BCUT2D eigenvalue weighted by Crippen LogP contribution is -2.34. The minimum atomic E-state index is -0.00744. The van der Waals surface area contributed by atoms with Crippen LogP contribution in [0.1, 0.15) is 46.8 Å². The maximum atomic E-state index is 12.8. The Bertz CT molecular complexity index is 870. The largest absolute Gasteiger partial charge is 0.488 e. The number of carbonyl (C=O) groups excluding carboxylic acids is 1. The van der Waals surface area contributed by atoms with Gasteiger partial charge in [-0.25, -0.2) is 0 Å². The van der Waals surface area contributed by atoms with Gasteiger partial charge in [-0.15, -0.1) is 0 Å². The Labute approximate surface area is 140 Å². The number of ketones is 1. The molecule has 0 amide bonds. The van der Waals surface area contributed by atoms with Gasteiger partial charge < -0.3 is 14.2 Å². The predicted molar refractivity (Wildman–Crippen MR) is 87.8 cm³/mol. The summed E-state index contributed by atoms with van der Waals surface area (Å²) in [7, 11) is 0. The molecule has 2 aromatic rings. The number of rotatable bonds is 1. The lowest BCUT2D eigenvalue weighted by Gasteiger charge is -2.39. The third kappa shape index (κ3) is 1.71. The van der Waals surface area contributed by atoms with Crippen molar-refractivity contribution in [1.29, 1.82) is 0 Å². The van der Waals surface area contributed by atoms with Crippen LogP contribution in [0.3, 0.4) is 0 Å². The first kappa shape index (κ1) is 13.9. The van der Waals surface area contributed by atoms with E-state index >= 15 is 0 Å². The summed E-state index contributed by atoms with van der Waals surface area (Å²) in [6, 6.07) is 9.98. The summed E-state index contributed by atoms with van der Waals surface area (Å²) in [5.41, 5.74) is 4.36. The van der Waals surface area contributed by atoms with Crippen LogP contribution < -0.4 is 14.2 Å². The van der Waals surface area contributed by atoms with Gasteiger partial charge in [0.15, 0.2) is 17.3 Å². The number of fused-ring (bicyclic) bond motifs is 4. The van der Waals surface area contributed by atoms with Gasteiger partial charge in [0.1, 0.15) is 12.4 Å². The van der Waals surface area contributed by atoms with Crippen molar-refractivity contribution in [2.75, 3.05) is 6.79 Å². The maximum absolute atomic E-state index is 12.8. The molecule has 3 atom stereocenters. The molecule has 24 heavy (non-hydrogen) atoms. The Morgan fingerprint density at radius 1 is 0.958 bits per heavy atom. The molecule has 0 spiro atoms. The zero-order valence-electron chi connectivity index (χ0n) is 13.7. The Balaban J connectivity index is 1.72. The summed E-state index contributed by atoms with van der Waals surface area (Å²) in [6.45, 7) is 5.06. The Kier molecular flexibility index (Phi) is 2.76. The summed E-state index contributed by atoms with van der Waals surface area (Å²) in [5, 5.41) is 0. The summed E-state index contributed by atoms with van der Waals surface area (Å²) in [4.78, 5) is 12.8. The molecule has 3 aliphatic rings. The van der Waals surface area contributed by atoms with E-state index in [1.54, 1.807) is 0 Å². The van der Waals surface area contributed by atoms with Crippen LogP contribution in [-0.4, -0.2) is 12.6 Å². The Morgan fingerprint density at radius 2 is 1.75 bits per heavy atom. The zero-order chi connectivity index (χ0) is 16.4. The molecule has 2 aromatic carbocycles. The second kappa shape index (κ2) is 4.76.